The minimum Gasteiger partial charge on any atom is -0.481 e. The zero-order valence-electron chi connectivity index (χ0n) is 15.5. The van der Waals surface area contributed by atoms with Gasteiger partial charge in [-0.3, -0.25) is 4.79 Å². The normalized spacial score (nSPS) is 12.1. The summed E-state index contributed by atoms with van der Waals surface area (Å²) in [5.74, 6) is 1.22. The molecule has 3 rings (SSSR count). The average molecular weight is 371 g/mol. The predicted molar refractivity (Wildman–Crippen MR) is 97.3 cm³/mol. The van der Waals surface area contributed by atoms with Crippen molar-refractivity contribution >= 4 is 16.9 Å². The van der Waals surface area contributed by atoms with Crippen molar-refractivity contribution in [3.63, 3.8) is 0 Å². The standard InChI is InChI=1S/C19H21N3O5/c1-4-5-16-20-17(27-21-16)11-22(3)19(24)12(2)25-14-8-6-13-7-9-18(23)26-15(13)10-14/h6-10,12H,4-5,11H2,1-3H3. The molecule has 0 spiro atoms. The van der Waals surface area contributed by atoms with Gasteiger partial charge in [-0.2, -0.15) is 4.98 Å². The minimum absolute atomic E-state index is 0.204. The lowest BCUT2D eigenvalue weighted by Gasteiger charge is -2.20. The Morgan fingerprint density at radius 2 is 2.07 bits per heavy atom. The molecule has 0 saturated heterocycles. The molecule has 0 aliphatic carbocycles. The SMILES string of the molecule is CCCc1noc(CN(C)C(=O)C(C)Oc2ccc3ccc(=O)oc3c2)n1. The lowest BCUT2D eigenvalue weighted by Crippen LogP contribution is -2.37. The average Bonchev–Trinajstić information content (AvgIpc) is 3.08. The van der Waals surface area contributed by atoms with Gasteiger partial charge in [-0.1, -0.05) is 12.1 Å². The zero-order chi connectivity index (χ0) is 19.4. The first kappa shape index (κ1) is 18.6. The van der Waals surface area contributed by atoms with Crippen LogP contribution in [0.5, 0.6) is 5.75 Å². The van der Waals surface area contributed by atoms with E-state index in [1.807, 2.05) is 6.92 Å². The Morgan fingerprint density at radius 3 is 2.85 bits per heavy atom. The highest BCUT2D eigenvalue weighted by Crippen LogP contribution is 2.21. The van der Waals surface area contributed by atoms with Crippen LogP contribution in [0.4, 0.5) is 0 Å². The first-order valence-corrected chi connectivity index (χ1v) is 8.73. The second-order valence-electron chi connectivity index (χ2n) is 6.26. The molecule has 1 atom stereocenters. The zero-order valence-corrected chi connectivity index (χ0v) is 15.5. The van der Waals surface area contributed by atoms with Gasteiger partial charge in [-0.05, 0) is 31.5 Å². The third-order valence-electron chi connectivity index (χ3n) is 3.99. The van der Waals surface area contributed by atoms with E-state index in [9.17, 15) is 9.59 Å². The molecule has 8 nitrogen and oxygen atoms in total. The lowest BCUT2D eigenvalue weighted by molar-refractivity contribution is -0.137. The van der Waals surface area contributed by atoms with E-state index in [1.54, 1.807) is 38.2 Å². The molecule has 8 heteroatoms. The summed E-state index contributed by atoms with van der Waals surface area (Å²) in [6.07, 6.45) is 0.921. The molecular weight excluding hydrogens is 350 g/mol. The third-order valence-corrected chi connectivity index (χ3v) is 3.99. The molecule has 27 heavy (non-hydrogen) atoms. The topological polar surface area (TPSA) is 98.7 Å². The molecular formula is C19H21N3O5. The summed E-state index contributed by atoms with van der Waals surface area (Å²) in [5, 5.41) is 4.65. The van der Waals surface area contributed by atoms with Crippen LogP contribution in [0.1, 0.15) is 32.0 Å². The van der Waals surface area contributed by atoms with Crippen LogP contribution in [0.15, 0.2) is 44.1 Å². The smallest absolute Gasteiger partial charge is 0.336 e. The van der Waals surface area contributed by atoms with Crippen LogP contribution in [0.3, 0.4) is 0 Å². The minimum atomic E-state index is -0.735. The maximum Gasteiger partial charge on any atom is 0.336 e. The Morgan fingerprint density at radius 1 is 1.30 bits per heavy atom. The van der Waals surface area contributed by atoms with Crippen molar-refractivity contribution in [2.75, 3.05) is 7.05 Å². The summed E-state index contributed by atoms with van der Waals surface area (Å²) in [5.41, 5.74) is -0.0344. The number of hydrogen-bond acceptors (Lipinski definition) is 7. The van der Waals surface area contributed by atoms with Gasteiger partial charge in [0.25, 0.3) is 5.91 Å². The number of nitrogens with zero attached hydrogens (tertiary/aromatic N) is 3. The fourth-order valence-electron chi connectivity index (χ4n) is 2.64. The van der Waals surface area contributed by atoms with Gasteiger partial charge in [0.2, 0.25) is 5.89 Å². The van der Waals surface area contributed by atoms with Gasteiger partial charge < -0.3 is 18.6 Å². The van der Waals surface area contributed by atoms with Gasteiger partial charge in [0.15, 0.2) is 11.9 Å². The molecule has 0 N–H and O–H groups in total. The van der Waals surface area contributed by atoms with Crippen molar-refractivity contribution in [1.82, 2.24) is 15.0 Å². The number of benzene rings is 1. The number of carbonyl (C=O) groups is 1. The Hall–Kier alpha value is -3.16. The summed E-state index contributed by atoms with van der Waals surface area (Å²) in [7, 11) is 1.64. The quantitative estimate of drug-likeness (QED) is 0.589. The highest BCUT2D eigenvalue weighted by molar-refractivity contribution is 5.81. The highest BCUT2D eigenvalue weighted by atomic mass is 16.5. The van der Waals surface area contributed by atoms with Gasteiger partial charge in [-0.25, -0.2) is 4.79 Å². The number of rotatable bonds is 7. The molecule has 1 unspecified atom stereocenters. The van der Waals surface area contributed by atoms with E-state index in [0.29, 0.717) is 23.0 Å². The number of likely N-dealkylation sites (N-methyl/N-ethyl adjacent to an activating group) is 1. The van der Waals surface area contributed by atoms with E-state index in [1.165, 1.54) is 11.0 Å². The molecule has 0 aliphatic rings. The second-order valence-corrected chi connectivity index (χ2v) is 6.26. The molecule has 2 aromatic heterocycles. The number of hydrogen-bond donors (Lipinski definition) is 0. The third kappa shape index (κ3) is 4.52. The fraction of sp³-hybridized carbons (Fsp3) is 0.368. The van der Waals surface area contributed by atoms with Crippen LogP contribution in [0.25, 0.3) is 11.0 Å². The molecule has 0 fully saturated rings. The molecule has 3 aromatic rings. The maximum atomic E-state index is 12.5. The van der Waals surface area contributed by atoms with E-state index in [4.69, 9.17) is 13.7 Å². The van der Waals surface area contributed by atoms with E-state index < -0.39 is 11.7 Å². The molecule has 142 valence electrons. The first-order valence-electron chi connectivity index (χ1n) is 8.73. The number of fused-ring (bicyclic) bond motifs is 1. The number of aryl methyl sites for hydroxylation is 1. The van der Waals surface area contributed by atoms with E-state index >= 15 is 0 Å². The van der Waals surface area contributed by atoms with Crippen LogP contribution in [0.2, 0.25) is 0 Å². The van der Waals surface area contributed by atoms with Crippen LogP contribution >= 0.6 is 0 Å². The Labute approximate surface area is 155 Å². The highest BCUT2D eigenvalue weighted by Gasteiger charge is 2.21. The van der Waals surface area contributed by atoms with Crippen molar-refractivity contribution in [1.29, 1.82) is 0 Å². The first-order chi connectivity index (χ1) is 13.0. The van der Waals surface area contributed by atoms with Crippen LogP contribution in [-0.2, 0) is 17.8 Å². The molecule has 0 aliphatic heterocycles. The number of aromatic nitrogens is 2. The number of ether oxygens (including phenoxy) is 1. The fourth-order valence-corrected chi connectivity index (χ4v) is 2.64. The number of amides is 1. The Bertz CT molecular complexity index is 994. The summed E-state index contributed by atoms with van der Waals surface area (Å²) in [6.45, 7) is 3.89. The van der Waals surface area contributed by atoms with Gasteiger partial charge >= 0.3 is 5.63 Å². The van der Waals surface area contributed by atoms with Gasteiger partial charge in [0.1, 0.15) is 11.3 Å². The molecule has 0 radical (unpaired) electrons. The van der Waals surface area contributed by atoms with Crippen LogP contribution in [0, 0.1) is 0 Å². The number of carbonyl (C=O) groups excluding carboxylic acids is 1. The molecule has 1 aromatic carbocycles. The summed E-state index contributed by atoms with van der Waals surface area (Å²) in [6, 6.07) is 8.11. The van der Waals surface area contributed by atoms with Crippen LogP contribution in [-0.4, -0.2) is 34.1 Å². The Kier molecular flexibility index (Phi) is 5.54. The summed E-state index contributed by atoms with van der Waals surface area (Å²) < 4.78 is 16.0. The van der Waals surface area contributed by atoms with Crippen molar-refractivity contribution in [3.05, 3.63) is 52.5 Å². The molecule has 0 bridgehead atoms. The van der Waals surface area contributed by atoms with E-state index in [-0.39, 0.29) is 12.5 Å². The van der Waals surface area contributed by atoms with E-state index in [2.05, 4.69) is 10.1 Å². The molecule has 0 saturated carbocycles. The Balaban J connectivity index is 1.64. The summed E-state index contributed by atoms with van der Waals surface area (Å²) >= 11 is 0. The van der Waals surface area contributed by atoms with E-state index in [0.717, 1.165) is 18.2 Å². The van der Waals surface area contributed by atoms with Gasteiger partial charge in [0, 0.05) is 31.0 Å². The summed E-state index contributed by atoms with van der Waals surface area (Å²) in [4.78, 5) is 29.6. The monoisotopic (exact) mass is 371 g/mol. The van der Waals surface area contributed by atoms with Crippen molar-refractivity contribution < 1.29 is 18.5 Å². The van der Waals surface area contributed by atoms with Gasteiger partial charge in [0.05, 0.1) is 6.54 Å². The van der Waals surface area contributed by atoms with Crippen molar-refractivity contribution in [3.8, 4) is 5.75 Å². The van der Waals surface area contributed by atoms with Crippen LogP contribution < -0.4 is 10.4 Å². The maximum absolute atomic E-state index is 12.5. The van der Waals surface area contributed by atoms with Crippen molar-refractivity contribution in [2.45, 2.75) is 39.3 Å². The molecule has 2 heterocycles. The van der Waals surface area contributed by atoms with Gasteiger partial charge in [-0.15, -0.1) is 0 Å². The van der Waals surface area contributed by atoms with Crippen molar-refractivity contribution in [2.24, 2.45) is 0 Å². The predicted octanol–water partition coefficient (Wildman–Crippen LogP) is 2.55. The second kappa shape index (κ2) is 8.03. The lowest BCUT2D eigenvalue weighted by atomic mass is 10.2. The molecule has 1 amide bonds. The largest absolute Gasteiger partial charge is 0.481 e.